The van der Waals surface area contributed by atoms with Crippen LogP contribution in [0.4, 0.5) is 5.95 Å². The fraction of sp³-hybridized carbons (Fsp3) is 0.0526. The van der Waals surface area contributed by atoms with Gasteiger partial charge in [0, 0.05) is 29.5 Å². The largest absolute Gasteiger partial charge is 0.368 e. The van der Waals surface area contributed by atoms with E-state index in [1.807, 2.05) is 36.4 Å². The number of nitrogens with zero attached hydrogens (tertiary/aromatic N) is 7. The first kappa shape index (κ1) is 15.3. The topological polar surface area (TPSA) is 108 Å². The van der Waals surface area contributed by atoms with Crippen LogP contribution >= 0.6 is 0 Å². The van der Waals surface area contributed by atoms with Crippen LogP contribution in [-0.2, 0) is 6.54 Å². The Bertz CT molecular complexity index is 1260. The molecule has 0 radical (unpaired) electrons. The van der Waals surface area contributed by atoms with Crippen molar-refractivity contribution in [3.05, 3.63) is 66.6 Å². The van der Waals surface area contributed by atoms with Crippen LogP contribution in [0.5, 0.6) is 0 Å². The molecule has 0 aliphatic carbocycles. The van der Waals surface area contributed by atoms with E-state index in [0.29, 0.717) is 12.2 Å². The van der Waals surface area contributed by atoms with Gasteiger partial charge < -0.3 is 5.73 Å². The smallest absolute Gasteiger partial charge is 0.219 e. The number of rotatable bonds is 3. The van der Waals surface area contributed by atoms with Gasteiger partial charge in [-0.25, -0.2) is 19.6 Å². The molecule has 8 nitrogen and oxygen atoms in total. The van der Waals surface area contributed by atoms with Crippen LogP contribution in [-0.4, -0.2) is 34.9 Å². The van der Waals surface area contributed by atoms with E-state index in [9.17, 15) is 0 Å². The van der Waals surface area contributed by atoms with Crippen LogP contribution in [0, 0.1) is 0 Å². The van der Waals surface area contributed by atoms with Crippen LogP contribution in [0.2, 0.25) is 0 Å². The number of hydrogen-bond donors (Lipinski definition) is 1. The number of hydrogen-bond acceptors (Lipinski definition) is 7. The molecule has 0 saturated heterocycles. The summed E-state index contributed by atoms with van der Waals surface area (Å²) in [7, 11) is 0. The van der Waals surface area contributed by atoms with E-state index < -0.39 is 0 Å². The monoisotopic (exact) mass is 354 g/mol. The summed E-state index contributed by atoms with van der Waals surface area (Å²) in [6.45, 7) is 0.566. The Balaban J connectivity index is 1.54. The highest BCUT2D eigenvalue weighted by molar-refractivity contribution is 5.79. The normalized spacial score (nSPS) is 11.3. The van der Waals surface area contributed by atoms with Crippen molar-refractivity contribution in [1.29, 1.82) is 0 Å². The van der Waals surface area contributed by atoms with E-state index >= 15 is 0 Å². The molecule has 4 heterocycles. The maximum absolute atomic E-state index is 5.56. The van der Waals surface area contributed by atoms with Crippen LogP contribution in [0.1, 0.15) is 5.56 Å². The molecule has 1 aromatic carbocycles. The third-order valence-corrected chi connectivity index (χ3v) is 4.33. The molecule has 0 atom stereocenters. The molecule has 0 aliphatic rings. The summed E-state index contributed by atoms with van der Waals surface area (Å²) in [6, 6.07) is 13.9. The van der Waals surface area contributed by atoms with E-state index in [1.54, 1.807) is 23.3 Å². The molecule has 0 bridgehead atoms. The van der Waals surface area contributed by atoms with Crippen molar-refractivity contribution in [3.63, 3.8) is 0 Å². The second kappa shape index (κ2) is 6.10. The first-order valence-corrected chi connectivity index (χ1v) is 8.38. The number of anilines is 1. The molecule has 27 heavy (non-hydrogen) atoms. The molecule has 0 fully saturated rings. The number of fused-ring (bicyclic) bond motifs is 2. The van der Waals surface area contributed by atoms with Gasteiger partial charge in [-0.05, 0) is 35.9 Å². The van der Waals surface area contributed by atoms with E-state index in [-0.39, 0.29) is 5.95 Å². The minimum atomic E-state index is 0.234. The molecular formula is C19H14N8. The van der Waals surface area contributed by atoms with Gasteiger partial charge in [0.15, 0.2) is 5.65 Å². The van der Waals surface area contributed by atoms with Crippen molar-refractivity contribution in [3.8, 4) is 11.3 Å². The number of nitrogens with two attached hydrogens (primary N) is 1. The Morgan fingerprint density at radius 2 is 1.78 bits per heavy atom. The number of benzene rings is 1. The molecule has 0 spiro atoms. The van der Waals surface area contributed by atoms with Crippen LogP contribution in [0.3, 0.4) is 0 Å². The molecule has 0 amide bonds. The zero-order valence-corrected chi connectivity index (χ0v) is 14.2. The Kier molecular flexibility index (Phi) is 3.46. The molecular weight excluding hydrogens is 340 g/mol. The second-order valence-corrected chi connectivity index (χ2v) is 6.15. The maximum Gasteiger partial charge on any atom is 0.219 e. The molecule has 2 N–H and O–H groups in total. The van der Waals surface area contributed by atoms with Gasteiger partial charge in [0.25, 0.3) is 0 Å². The first-order chi connectivity index (χ1) is 13.3. The third kappa shape index (κ3) is 2.82. The minimum absolute atomic E-state index is 0.234. The molecule has 4 aromatic heterocycles. The van der Waals surface area contributed by atoms with Gasteiger partial charge in [-0.1, -0.05) is 17.3 Å². The second-order valence-electron chi connectivity index (χ2n) is 6.15. The van der Waals surface area contributed by atoms with Crippen molar-refractivity contribution in [2.45, 2.75) is 6.54 Å². The van der Waals surface area contributed by atoms with Crippen molar-refractivity contribution in [2.75, 3.05) is 5.73 Å². The summed E-state index contributed by atoms with van der Waals surface area (Å²) >= 11 is 0. The first-order valence-electron chi connectivity index (χ1n) is 8.38. The minimum Gasteiger partial charge on any atom is -0.368 e. The summed E-state index contributed by atoms with van der Waals surface area (Å²) in [5, 5.41) is 9.56. The summed E-state index contributed by atoms with van der Waals surface area (Å²) in [6.07, 6.45) is 5.10. The van der Waals surface area contributed by atoms with Gasteiger partial charge in [-0.15, -0.1) is 5.10 Å². The quantitative estimate of drug-likeness (QED) is 0.530. The average molecular weight is 354 g/mol. The van der Waals surface area contributed by atoms with Gasteiger partial charge in [-0.3, -0.25) is 4.98 Å². The molecule has 0 unspecified atom stereocenters. The fourth-order valence-corrected chi connectivity index (χ4v) is 2.99. The highest BCUT2D eigenvalue weighted by Gasteiger charge is 2.10. The molecule has 0 saturated carbocycles. The van der Waals surface area contributed by atoms with Crippen LogP contribution in [0.25, 0.3) is 33.3 Å². The lowest BCUT2D eigenvalue weighted by Crippen LogP contribution is -2.03. The Labute approximate surface area is 153 Å². The number of nitrogen functional groups attached to an aromatic ring is 1. The zero-order chi connectivity index (χ0) is 18.2. The number of aromatic nitrogens is 7. The van der Waals surface area contributed by atoms with Gasteiger partial charge in [0.05, 0.1) is 17.8 Å². The van der Waals surface area contributed by atoms with Gasteiger partial charge in [0.1, 0.15) is 5.52 Å². The highest BCUT2D eigenvalue weighted by Crippen LogP contribution is 2.20. The van der Waals surface area contributed by atoms with Gasteiger partial charge >= 0.3 is 0 Å². The predicted molar refractivity (Wildman–Crippen MR) is 102 cm³/mol. The SMILES string of the molecule is Nc1ncc(-c2ccc3nnn(Cc4ccc5ncccc5c4)c3n2)cn1. The van der Waals surface area contributed by atoms with Crippen molar-refractivity contribution in [2.24, 2.45) is 0 Å². The standard InChI is InChI=1S/C19H14N8/c20-19-22-9-14(10-23-19)16-5-6-17-18(24-16)27(26-25-17)11-12-3-4-15-13(8-12)2-1-7-21-15/h1-10H,11H2,(H2,20,22,23). The number of pyridine rings is 2. The fourth-order valence-electron chi connectivity index (χ4n) is 2.99. The molecule has 5 aromatic rings. The van der Waals surface area contributed by atoms with Crippen LogP contribution in [0.15, 0.2) is 61.1 Å². The van der Waals surface area contributed by atoms with E-state index in [1.165, 1.54) is 0 Å². The maximum atomic E-state index is 5.56. The lowest BCUT2D eigenvalue weighted by molar-refractivity contribution is 0.665. The van der Waals surface area contributed by atoms with Gasteiger partial charge in [0.2, 0.25) is 5.95 Å². The molecule has 5 rings (SSSR count). The predicted octanol–water partition coefficient (Wildman–Crippen LogP) is 2.46. The van der Waals surface area contributed by atoms with Crippen molar-refractivity contribution < 1.29 is 0 Å². The Morgan fingerprint density at radius 3 is 2.67 bits per heavy atom. The van der Waals surface area contributed by atoms with Gasteiger partial charge in [-0.2, -0.15) is 0 Å². The summed E-state index contributed by atoms with van der Waals surface area (Å²) in [4.78, 5) is 17.1. The van der Waals surface area contributed by atoms with E-state index in [4.69, 9.17) is 10.7 Å². The molecule has 130 valence electrons. The average Bonchev–Trinajstić information content (AvgIpc) is 3.10. The third-order valence-electron chi connectivity index (χ3n) is 4.33. The van der Waals surface area contributed by atoms with Crippen molar-refractivity contribution in [1.82, 2.24) is 34.9 Å². The Morgan fingerprint density at radius 1 is 0.926 bits per heavy atom. The lowest BCUT2D eigenvalue weighted by Gasteiger charge is -2.05. The summed E-state index contributed by atoms with van der Waals surface area (Å²) < 4.78 is 1.79. The van der Waals surface area contributed by atoms with Crippen molar-refractivity contribution >= 4 is 28.0 Å². The Hall–Kier alpha value is -3.94. The summed E-state index contributed by atoms with van der Waals surface area (Å²) in [5.74, 6) is 0.234. The van der Waals surface area contributed by atoms with Crippen LogP contribution < -0.4 is 5.73 Å². The summed E-state index contributed by atoms with van der Waals surface area (Å²) in [5.41, 5.74) is 10.6. The zero-order valence-electron chi connectivity index (χ0n) is 14.2. The van der Waals surface area contributed by atoms with E-state index in [0.717, 1.165) is 33.2 Å². The molecule has 0 aliphatic heterocycles. The lowest BCUT2D eigenvalue weighted by atomic mass is 10.1. The van der Waals surface area contributed by atoms with E-state index in [2.05, 4.69) is 31.3 Å². The molecule has 8 heteroatoms. The highest BCUT2D eigenvalue weighted by atomic mass is 15.4.